The van der Waals surface area contributed by atoms with Gasteiger partial charge in [0.15, 0.2) is 0 Å². The van der Waals surface area contributed by atoms with Crippen LogP contribution in [0.1, 0.15) is 60.8 Å². The molecule has 0 aromatic rings. The number of urea groups is 1. The summed E-state index contributed by atoms with van der Waals surface area (Å²) in [4.78, 5) is 14.4. The number of nitrogens with one attached hydrogen (secondary N) is 3. The summed E-state index contributed by atoms with van der Waals surface area (Å²) in [5.74, 6) is 0.578. The number of carbonyl (C=O) groups is 1. The van der Waals surface area contributed by atoms with Gasteiger partial charge in [0.2, 0.25) is 0 Å². The van der Waals surface area contributed by atoms with E-state index in [9.17, 15) is 4.79 Å². The van der Waals surface area contributed by atoms with Crippen LogP contribution in [0, 0.1) is 5.92 Å². The lowest BCUT2D eigenvalue weighted by Gasteiger charge is -2.49. The van der Waals surface area contributed by atoms with Gasteiger partial charge >= 0.3 is 6.03 Å². The lowest BCUT2D eigenvalue weighted by molar-refractivity contribution is 0.0784. The Morgan fingerprint density at radius 2 is 1.83 bits per heavy atom. The average Bonchev–Trinajstić information content (AvgIpc) is 2.80. The topological polar surface area (TPSA) is 56.4 Å². The van der Waals surface area contributed by atoms with Crippen molar-refractivity contribution in [2.24, 2.45) is 5.92 Å². The van der Waals surface area contributed by atoms with Gasteiger partial charge in [0.05, 0.1) is 0 Å². The number of hydrogen-bond donors (Lipinski definition) is 3. The fraction of sp³-hybridized carbons (Fsp3) is 0.944. The molecule has 3 N–H and O–H groups in total. The SMILES string of the molecule is CC(C)NC(=O)NCC1CCN(C2CC(C)(C)NC(C)(C)C2)C1. The van der Waals surface area contributed by atoms with Crippen LogP contribution in [0.25, 0.3) is 0 Å². The maximum absolute atomic E-state index is 11.7. The Hall–Kier alpha value is -0.810. The molecule has 5 nitrogen and oxygen atoms in total. The van der Waals surface area contributed by atoms with Gasteiger partial charge in [-0.3, -0.25) is 4.90 Å². The molecule has 5 heteroatoms. The Labute approximate surface area is 142 Å². The first-order chi connectivity index (χ1) is 10.6. The molecule has 2 heterocycles. The number of carbonyl (C=O) groups excluding carboxylic acids is 1. The molecule has 2 saturated heterocycles. The zero-order valence-electron chi connectivity index (χ0n) is 15.8. The van der Waals surface area contributed by atoms with Crippen molar-refractivity contribution in [1.82, 2.24) is 20.9 Å². The molecule has 2 aliphatic rings. The number of rotatable bonds is 4. The number of nitrogens with zero attached hydrogens (tertiary/aromatic N) is 1. The minimum absolute atomic E-state index is 0.0393. The number of likely N-dealkylation sites (tertiary alicyclic amines) is 1. The Morgan fingerprint density at radius 1 is 1.22 bits per heavy atom. The van der Waals surface area contributed by atoms with Gasteiger partial charge in [-0.2, -0.15) is 0 Å². The molecule has 2 aliphatic heterocycles. The van der Waals surface area contributed by atoms with E-state index in [0.717, 1.165) is 19.6 Å². The standard InChI is InChI=1S/C18H36N4O/c1-13(2)20-16(23)19-11-14-7-8-22(12-14)15-9-17(3,4)21-18(5,6)10-15/h13-15,21H,7-12H2,1-6H3,(H2,19,20,23). The van der Waals surface area contributed by atoms with Gasteiger partial charge in [-0.05, 0) is 73.3 Å². The Bertz CT molecular complexity index is 403. The first-order valence-electron chi connectivity index (χ1n) is 9.14. The van der Waals surface area contributed by atoms with Gasteiger partial charge in [-0.15, -0.1) is 0 Å². The molecule has 1 atom stereocenters. The van der Waals surface area contributed by atoms with Crippen molar-refractivity contribution >= 4 is 6.03 Å². The zero-order valence-corrected chi connectivity index (χ0v) is 15.8. The zero-order chi connectivity index (χ0) is 17.3. The van der Waals surface area contributed by atoms with Crippen LogP contribution in [-0.4, -0.2) is 53.7 Å². The Morgan fingerprint density at radius 3 is 2.39 bits per heavy atom. The van der Waals surface area contributed by atoms with E-state index < -0.39 is 0 Å². The fourth-order valence-corrected chi connectivity index (χ4v) is 4.44. The maximum Gasteiger partial charge on any atom is 0.314 e. The summed E-state index contributed by atoms with van der Waals surface area (Å²) in [6.07, 6.45) is 3.58. The molecule has 2 amide bonds. The van der Waals surface area contributed by atoms with E-state index in [-0.39, 0.29) is 23.2 Å². The molecule has 0 aromatic carbocycles. The summed E-state index contributed by atoms with van der Waals surface area (Å²) in [5, 5.41) is 9.68. The third-order valence-corrected chi connectivity index (χ3v) is 4.97. The lowest BCUT2D eigenvalue weighted by atomic mass is 9.79. The summed E-state index contributed by atoms with van der Waals surface area (Å²) in [5.41, 5.74) is 0.389. The van der Waals surface area contributed by atoms with E-state index in [1.807, 2.05) is 13.8 Å². The van der Waals surface area contributed by atoms with E-state index in [1.165, 1.54) is 19.3 Å². The van der Waals surface area contributed by atoms with Gasteiger partial charge in [0, 0.05) is 36.3 Å². The summed E-state index contributed by atoms with van der Waals surface area (Å²) in [7, 11) is 0. The van der Waals surface area contributed by atoms with Crippen molar-refractivity contribution in [2.45, 2.75) is 84.0 Å². The molecule has 0 saturated carbocycles. The molecule has 2 rings (SSSR count). The quantitative estimate of drug-likeness (QED) is 0.744. The van der Waals surface area contributed by atoms with Crippen LogP contribution in [0.4, 0.5) is 4.79 Å². The molecule has 1 unspecified atom stereocenters. The van der Waals surface area contributed by atoms with Crippen molar-refractivity contribution in [2.75, 3.05) is 19.6 Å². The van der Waals surface area contributed by atoms with Gasteiger partial charge in [0.1, 0.15) is 0 Å². The third-order valence-electron chi connectivity index (χ3n) is 4.97. The smallest absolute Gasteiger partial charge is 0.314 e. The highest BCUT2D eigenvalue weighted by Crippen LogP contribution is 2.33. The van der Waals surface area contributed by atoms with E-state index >= 15 is 0 Å². The predicted octanol–water partition coefficient (Wildman–Crippen LogP) is 2.33. The normalized spacial score (nSPS) is 28.0. The van der Waals surface area contributed by atoms with Gasteiger partial charge < -0.3 is 16.0 Å². The van der Waals surface area contributed by atoms with Gasteiger partial charge in [0.25, 0.3) is 0 Å². The number of amides is 2. The monoisotopic (exact) mass is 324 g/mol. The summed E-state index contributed by atoms with van der Waals surface area (Å²) in [6, 6.07) is 0.799. The van der Waals surface area contributed by atoms with E-state index in [2.05, 4.69) is 48.5 Å². The molecule has 0 radical (unpaired) electrons. The molecule has 0 aromatic heterocycles. The number of piperidine rings is 1. The Kier molecular flexibility index (Phi) is 5.62. The van der Waals surface area contributed by atoms with Gasteiger partial charge in [-0.25, -0.2) is 4.79 Å². The van der Waals surface area contributed by atoms with Crippen molar-refractivity contribution in [1.29, 1.82) is 0 Å². The average molecular weight is 325 g/mol. The summed E-state index contributed by atoms with van der Waals surface area (Å²) in [6.45, 7) is 16.3. The van der Waals surface area contributed by atoms with Crippen LogP contribution < -0.4 is 16.0 Å². The highest BCUT2D eigenvalue weighted by molar-refractivity contribution is 5.74. The molecule has 23 heavy (non-hydrogen) atoms. The number of hydrogen-bond acceptors (Lipinski definition) is 3. The highest BCUT2D eigenvalue weighted by atomic mass is 16.2. The molecule has 0 spiro atoms. The molecule has 134 valence electrons. The van der Waals surface area contributed by atoms with E-state index in [0.29, 0.717) is 12.0 Å². The second-order valence-corrected chi connectivity index (χ2v) is 9.11. The second-order valence-electron chi connectivity index (χ2n) is 9.11. The minimum Gasteiger partial charge on any atom is -0.338 e. The summed E-state index contributed by atoms with van der Waals surface area (Å²) >= 11 is 0. The van der Waals surface area contributed by atoms with Crippen molar-refractivity contribution in [3.63, 3.8) is 0 Å². The molecular weight excluding hydrogens is 288 g/mol. The summed E-state index contributed by atoms with van der Waals surface area (Å²) < 4.78 is 0. The minimum atomic E-state index is -0.0393. The van der Waals surface area contributed by atoms with Crippen molar-refractivity contribution in [3.8, 4) is 0 Å². The highest BCUT2D eigenvalue weighted by Gasteiger charge is 2.41. The predicted molar refractivity (Wildman–Crippen MR) is 95.7 cm³/mol. The van der Waals surface area contributed by atoms with Crippen LogP contribution in [0.3, 0.4) is 0 Å². The van der Waals surface area contributed by atoms with Crippen molar-refractivity contribution < 1.29 is 4.79 Å². The first-order valence-corrected chi connectivity index (χ1v) is 9.14. The molecule has 0 aliphatic carbocycles. The first kappa shape index (κ1) is 18.5. The largest absolute Gasteiger partial charge is 0.338 e. The van der Waals surface area contributed by atoms with Crippen molar-refractivity contribution in [3.05, 3.63) is 0 Å². The second kappa shape index (κ2) is 6.98. The third kappa shape index (κ3) is 5.64. The van der Waals surface area contributed by atoms with E-state index in [4.69, 9.17) is 0 Å². The van der Waals surface area contributed by atoms with Crippen LogP contribution in [0.2, 0.25) is 0 Å². The Balaban J connectivity index is 1.81. The maximum atomic E-state index is 11.7. The van der Waals surface area contributed by atoms with E-state index in [1.54, 1.807) is 0 Å². The van der Waals surface area contributed by atoms with Gasteiger partial charge in [-0.1, -0.05) is 0 Å². The molecular formula is C18H36N4O. The van der Waals surface area contributed by atoms with Crippen LogP contribution in [-0.2, 0) is 0 Å². The van der Waals surface area contributed by atoms with Crippen LogP contribution in [0.15, 0.2) is 0 Å². The van der Waals surface area contributed by atoms with Crippen LogP contribution >= 0.6 is 0 Å². The molecule has 0 bridgehead atoms. The fourth-order valence-electron chi connectivity index (χ4n) is 4.44. The van der Waals surface area contributed by atoms with Crippen LogP contribution in [0.5, 0.6) is 0 Å². The lowest BCUT2D eigenvalue weighted by Crippen LogP contribution is -2.62. The molecule has 2 fully saturated rings.